The van der Waals surface area contributed by atoms with Crippen LogP contribution in [-0.4, -0.2) is 59.7 Å². The molecule has 3 rings (SSSR count). The molecule has 26 heavy (non-hydrogen) atoms. The molecule has 0 spiro atoms. The Morgan fingerprint density at radius 1 is 1.46 bits per heavy atom. The standard InChI is InChI=1S/C18H24ClN5O2/c1-18(8-9-23(2)11-18)12-24(3)17(25)20-10-15-21-16(22-26-15)13-6-4-5-7-14(13)19/h4-7H,8-12H2,1-3H3,(H,20,25)/t18-/m0/s1. The van der Waals surface area contributed by atoms with Gasteiger partial charge in [0.05, 0.1) is 11.6 Å². The van der Waals surface area contributed by atoms with Crippen LogP contribution >= 0.6 is 11.6 Å². The van der Waals surface area contributed by atoms with E-state index < -0.39 is 0 Å². The Kier molecular flexibility index (Phi) is 5.48. The minimum Gasteiger partial charge on any atom is -0.337 e. The van der Waals surface area contributed by atoms with E-state index in [0.29, 0.717) is 28.8 Å². The molecule has 0 aliphatic carbocycles. The maximum absolute atomic E-state index is 12.3. The van der Waals surface area contributed by atoms with Crippen LogP contribution in [0, 0.1) is 5.41 Å². The third-order valence-corrected chi connectivity index (χ3v) is 5.02. The SMILES string of the molecule is CN1CC[C@](C)(CN(C)C(=O)NCc2nc(-c3ccccc3Cl)no2)C1. The number of nitrogens with zero attached hydrogens (tertiary/aromatic N) is 4. The van der Waals surface area contributed by atoms with Crippen LogP contribution in [0.15, 0.2) is 28.8 Å². The van der Waals surface area contributed by atoms with Crippen molar-refractivity contribution in [2.24, 2.45) is 5.41 Å². The molecule has 1 N–H and O–H groups in total. The summed E-state index contributed by atoms with van der Waals surface area (Å²) in [4.78, 5) is 20.7. The van der Waals surface area contributed by atoms with E-state index >= 15 is 0 Å². The van der Waals surface area contributed by atoms with Crippen molar-refractivity contribution in [3.05, 3.63) is 35.2 Å². The smallest absolute Gasteiger partial charge is 0.317 e. The molecule has 140 valence electrons. The van der Waals surface area contributed by atoms with Gasteiger partial charge in [-0.2, -0.15) is 4.98 Å². The Balaban J connectivity index is 1.54. The first-order valence-corrected chi connectivity index (χ1v) is 8.99. The van der Waals surface area contributed by atoms with Crippen LogP contribution in [0.5, 0.6) is 0 Å². The zero-order chi connectivity index (χ0) is 18.7. The van der Waals surface area contributed by atoms with Gasteiger partial charge in [-0.05, 0) is 37.6 Å². The molecule has 0 bridgehead atoms. The second kappa shape index (κ2) is 7.63. The van der Waals surface area contributed by atoms with Gasteiger partial charge < -0.3 is 19.6 Å². The van der Waals surface area contributed by atoms with E-state index in [1.807, 2.05) is 25.2 Å². The highest BCUT2D eigenvalue weighted by Crippen LogP contribution is 2.29. The maximum atomic E-state index is 12.3. The lowest BCUT2D eigenvalue weighted by Crippen LogP contribution is -2.43. The van der Waals surface area contributed by atoms with Crippen LogP contribution in [0.2, 0.25) is 5.02 Å². The van der Waals surface area contributed by atoms with Crippen molar-refractivity contribution in [1.29, 1.82) is 0 Å². The highest BCUT2D eigenvalue weighted by molar-refractivity contribution is 6.33. The molecular formula is C18H24ClN5O2. The van der Waals surface area contributed by atoms with Gasteiger partial charge in [0.1, 0.15) is 0 Å². The van der Waals surface area contributed by atoms with E-state index in [9.17, 15) is 4.79 Å². The van der Waals surface area contributed by atoms with Crippen LogP contribution in [-0.2, 0) is 6.54 Å². The average Bonchev–Trinajstić information content (AvgIpc) is 3.19. The number of amides is 2. The van der Waals surface area contributed by atoms with Crippen molar-refractivity contribution >= 4 is 17.6 Å². The first-order valence-electron chi connectivity index (χ1n) is 8.61. The van der Waals surface area contributed by atoms with Crippen molar-refractivity contribution in [3.63, 3.8) is 0 Å². The number of halogens is 1. The molecule has 1 aromatic heterocycles. The predicted octanol–water partition coefficient (Wildman–Crippen LogP) is 2.87. The number of urea groups is 1. The second-order valence-corrected chi connectivity index (χ2v) is 7.71. The molecule has 1 aromatic carbocycles. The molecule has 7 nitrogen and oxygen atoms in total. The van der Waals surface area contributed by atoms with Crippen LogP contribution in [0.1, 0.15) is 19.2 Å². The van der Waals surface area contributed by atoms with E-state index in [4.69, 9.17) is 16.1 Å². The summed E-state index contributed by atoms with van der Waals surface area (Å²) in [6.07, 6.45) is 1.09. The van der Waals surface area contributed by atoms with Gasteiger partial charge in [0, 0.05) is 25.7 Å². The number of benzene rings is 1. The summed E-state index contributed by atoms with van der Waals surface area (Å²) in [5.41, 5.74) is 0.827. The van der Waals surface area contributed by atoms with Gasteiger partial charge in [-0.1, -0.05) is 35.8 Å². The molecule has 8 heteroatoms. The van der Waals surface area contributed by atoms with Gasteiger partial charge >= 0.3 is 6.03 Å². The molecule has 1 saturated heterocycles. The average molecular weight is 378 g/mol. The first-order chi connectivity index (χ1) is 12.4. The summed E-state index contributed by atoms with van der Waals surface area (Å²) in [6.45, 7) is 5.16. The Morgan fingerprint density at radius 2 is 2.23 bits per heavy atom. The Hall–Kier alpha value is -2.12. The van der Waals surface area contributed by atoms with Crippen molar-refractivity contribution < 1.29 is 9.32 Å². The molecule has 1 fully saturated rings. The second-order valence-electron chi connectivity index (χ2n) is 7.30. The third-order valence-electron chi connectivity index (χ3n) is 4.69. The lowest BCUT2D eigenvalue weighted by molar-refractivity contribution is 0.176. The van der Waals surface area contributed by atoms with E-state index in [1.54, 1.807) is 11.0 Å². The van der Waals surface area contributed by atoms with Crippen LogP contribution in [0.3, 0.4) is 0 Å². The van der Waals surface area contributed by atoms with Gasteiger partial charge in [-0.3, -0.25) is 0 Å². The number of hydrogen-bond donors (Lipinski definition) is 1. The Morgan fingerprint density at radius 3 is 2.92 bits per heavy atom. The summed E-state index contributed by atoms with van der Waals surface area (Å²) >= 11 is 6.14. The molecular weight excluding hydrogens is 354 g/mol. The van der Waals surface area contributed by atoms with Gasteiger partial charge in [-0.25, -0.2) is 4.79 Å². The summed E-state index contributed by atoms with van der Waals surface area (Å²) in [5, 5.41) is 7.31. The lowest BCUT2D eigenvalue weighted by atomic mass is 9.89. The Labute approximate surface area is 158 Å². The zero-order valence-electron chi connectivity index (χ0n) is 15.3. The molecule has 2 amide bonds. The van der Waals surface area contributed by atoms with Gasteiger partial charge in [-0.15, -0.1) is 0 Å². The molecule has 1 aliphatic rings. The molecule has 0 saturated carbocycles. The van der Waals surface area contributed by atoms with E-state index in [2.05, 4.69) is 34.3 Å². The summed E-state index contributed by atoms with van der Waals surface area (Å²) in [7, 11) is 3.92. The van der Waals surface area contributed by atoms with Gasteiger partial charge in [0.15, 0.2) is 0 Å². The van der Waals surface area contributed by atoms with Gasteiger partial charge in [0.25, 0.3) is 0 Å². The minimum absolute atomic E-state index is 0.128. The highest BCUT2D eigenvalue weighted by atomic mass is 35.5. The lowest BCUT2D eigenvalue weighted by Gasteiger charge is -2.29. The van der Waals surface area contributed by atoms with Crippen molar-refractivity contribution in [2.45, 2.75) is 19.9 Å². The van der Waals surface area contributed by atoms with Crippen LogP contribution in [0.4, 0.5) is 4.79 Å². The molecule has 2 heterocycles. The monoisotopic (exact) mass is 377 g/mol. The van der Waals surface area contributed by atoms with Crippen LogP contribution < -0.4 is 5.32 Å². The van der Waals surface area contributed by atoms with E-state index in [0.717, 1.165) is 19.5 Å². The number of carbonyl (C=O) groups excluding carboxylic acids is 1. The first kappa shape index (κ1) is 18.7. The number of rotatable bonds is 5. The summed E-state index contributed by atoms with van der Waals surface area (Å²) < 4.78 is 5.21. The molecule has 0 unspecified atom stereocenters. The Bertz CT molecular complexity index is 780. The zero-order valence-corrected chi connectivity index (χ0v) is 16.1. The van der Waals surface area contributed by atoms with E-state index in [1.165, 1.54) is 0 Å². The largest absolute Gasteiger partial charge is 0.337 e. The van der Waals surface area contributed by atoms with Crippen LogP contribution in [0.25, 0.3) is 11.4 Å². The fraction of sp³-hybridized carbons (Fsp3) is 0.500. The highest BCUT2D eigenvalue weighted by Gasteiger charge is 2.34. The molecule has 0 radical (unpaired) electrons. The number of likely N-dealkylation sites (tertiary alicyclic amines) is 1. The minimum atomic E-state index is -0.154. The number of hydrogen-bond acceptors (Lipinski definition) is 5. The molecule has 2 aromatic rings. The molecule has 1 aliphatic heterocycles. The third kappa shape index (κ3) is 4.34. The van der Waals surface area contributed by atoms with E-state index in [-0.39, 0.29) is 18.0 Å². The van der Waals surface area contributed by atoms with Crippen molar-refractivity contribution in [2.75, 3.05) is 33.7 Å². The fourth-order valence-electron chi connectivity index (χ4n) is 3.41. The summed E-state index contributed by atoms with van der Waals surface area (Å²) in [6, 6.07) is 7.13. The number of carbonyl (C=O) groups is 1. The summed E-state index contributed by atoms with van der Waals surface area (Å²) in [5.74, 6) is 0.753. The fourth-order valence-corrected chi connectivity index (χ4v) is 3.63. The predicted molar refractivity (Wildman–Crippen MR) is 99.8 cm³/mol. The van der Waals surface area contributed by atoms with Crippen molar-refractivity contribution in [3.8, 4) is 11.4 Å². The van der Waals surface area contributed by atoms with Gasteiger partial charge in [0.2, 0.25) is 11.7 Å². The van der Waals surface area contributed by atoms with Crippen molar-refractivity contribution in [1.82, 2.24) is 25.3 Å². The maximum Gasteiger partial charge on any atom is 0.317 e. The normalized spacial score (nSPS) is 20.3. The number of nitrogens with one attached hydrogen (secondary N) is 1. The quantitative estimate of drug-likeness (QED) is 0.867. The topological polar surface area (TPSA) is 74.5 Å². The molecule has 1 atom stereocenters. The number of aromatic nitrogens is 2.